The molecule has 1 aliphatic rings. The highest BCUT2D eigenvalue weighted by molar-refractivity contribution is 5.79. The molecule has 1 saturated carbocycles. The van der Waals surface area contributed by atoms with Crippen LogP contribution in [0, 0.1) is 16.0 Å². The zero-order valence-corrected chi connectivity index (χ0v) is 11.4. The minimum Gasteiger partial charge on any atom is -0.389 e. The van der Waals surface area contributed by atoms with Crippen molar-refractivity contribution in [3.05, 3.63) is 10.1 Å². The Morgan fingerprint density at radius 1 is 1.50 bits per heavy atom. The first-order valence-corrected chi connectivity index (χ1v) is 6.62. The number of unbranched alkanes of at least 4 members (excludes halogenated alkanes) is 1. The van der Waals surface area contributed by atoms with E-state index in [1.807, 2.05) is 6.92 Å². The van der Waals surface area contributed by atoms with E-state index in [0.29, 0.717) is 19.3 Å². The van der Waals surface area contributed by atoms with Crippen molar-refractivity contribution < 1.29 is 14.8 Å². The van der Waals surface area contributed by atoms with Crippen molar-refractivity contribution in [1.82, 2.24) is 0 Å². The lowest BCUT2D eigenvalue weighted by atomic mass is 9.65. The van der Waals surface area contributed by atoms with Crippen molar-refractivity contribution in [2.45, 2.75) is 70.4 Å². The standard InChI is InChI=1S/C13H23NO4/c1-4-5-6-13(14(17)18)8-7-12(3,16)11(9-13)10(2)15/h11,16H,4-9H2,1-3H3. The molecule has 0 aromatic heterocycles. The summed E-state index contributed by atoms with van der Waals surface area (Å²) in [6.45, 7) is 5.02. The molecule has 0 amide bonds. The number of carbonyl (C=O) groups excluding carboxylic acids is 1. The van der Waals surface area contributed by atoms with Gasteiger partial charge in [0.15, 0.2) is 0 Å². The van der Waals surface area contributed by atoms with E-state index in [1.54, 1.807) is 6.92 Å². The number of nitro groups is 1. The van der Waals surface area contributed by atoms with Crippen LogP contribution < -0.4 is 0 Å². The summed E-state index contributed by atoms with van der Waals surface area (Å²) in [5.74, 6) is -0.768. The normalized spacial score (nSPS) is 36.3. The molecule has 0 aromatic carbocycles. The van der Waals surface area contributed by atoms with Crippen LogP contribution in [0.15, 0.2) is 0 Å². The Labute approximate surface area is 108 Å². The van der Waals surface area contributed by atoms with Gasteiger partial charge in [-0.2, -0.15) is 0 Å². The molecule has 3 unspecified atom stereocenters. The molecule has 0 aromatic rings. The first-order chi connectivity index (χ1) is 8.25. The van der Waals surface area contributed by atoms with E-state index in [2.05, 4.69) is 0 Å². The van der Waals surface area contributed by atoms with Crippen molar-refractivity contribution in [3.8, 4) is 0 Å². The SMILES string of the molecule is CCCCC1([N+](=O)[O-])CCC(C)(O)C(C(C)=O)C1. The molecule has 1 N–H and O–H groups in total. The van der Waals surface area contributed by atoms with Crippen LogP contribution >= 0.6 is 0 Å². The summed E-state index contributed by atoms with van der Waals surface area (Å²) in [6, 6.07) is 0. The van der Waals surface area contributed by atoms with Crippen LogP contribution in [-0.2, 0) is 4.79 Å². The summed E-state index contributed by atoms with van der Waals surface area (Å²) < 4.78 is 0. The van der Waals surface area contributed by atoms with Crippen LogP contribution in [0.2, 0.25) is 0 Å². The Balaban J connectivity index is 2.95. The predicted molar refractivity (Wildman–Crippen MR) is 67.9 cm³/mol. The molecule has 0 radical (unpaired) electrons. The lowest BCUT2D eigenvalue weighted by Gasteiger charge is -2.42. The number of carbonyl (C=O) groups is 1. The maximum absolute atomic E-state index is 11.6. The Kier molecular flexibility index (Phi) is 4.48. The van der Waals surface area contributed by atoms with Crippen molar-refractivity contribution >= 4 is 5.78 Å². The number of ketones is 1. The quantitative estimate of drug-likeness (QED) is 0.605. The van der Waals surface area contributed by atoms with Gasteiger partial charge in [-0.05, 0) is 26.7 Å². The molecule has 0 bridgehead atoms. The third-order valence-corrected chi connectivity index (χ3v) is 4.30. The molecule has 1 fully saturated rings. The zero-order valence-electron chi connectivity index (χ0n) is 11.4. The van der Waals surface area contributed by atoms with E-state index >= 15 is 0 Å². The summed E-state index contributed by atoms with van der Waals surface area (Å²) in [4.78, 5) is 22.8. The highest BCUT2D eigenvalue weighted by atomic mass is 16.6. The van der Waals surface area contributed by atoms with E-state index in [9.17, 15) is 20.0 Å². The van der Waals surface area contributed by atoms with Gasteiger partial charge in [0.2, 0.25) is 5.54 Å². The number of nitrogens with zero attached hydrogens (tertiary/aromatic N) is 1. The first-order valence-electron chi connectivity index (χ1n) is 6.62. The number of aliphatic hydroxyl groups is 1. The Hall–Kier alpha value is -0.970. The minimum absolute atomic E-state index is 0.151. The molecule has 1 aliphatic carbocycles. The molecule has 0 aliphatic heterocycles. The Bertz CT molecular complexity index is 340. The average Bonchev–Trinajstić information content (AvgIpc) is 2.27. The fourth-order valence-corrected chi connectivity index (χ4v) is 2.93. The fraction of sp³-hybridized carbons (Fsp3) is 0.923. The fourth-order valence-electron chi connectivity index (χ4n) is 2.93. The average molecular weight is 257 g/mol. The zero-order chi connectivity index (χ0) is 14.0. The van der Waals surface area contributed by atoms with Gasteiger partial charge in [-0.3, -0.25) is 14.9 Å². The van der Waals surface area contributed by atoms with Crippen LogP contribution in [0.5, 0.6) is 0 Å². The first kappa shape index (κ1) is 15.1. The van der Waals surface area contributed by atoms with Crippen LogP contribution in [0.4, 0.5) is 0 Å². The Morgan fingerprint density at radius 2 is 2.11 bits per heavy atom. The van der Waals surface area contributed by atoms with Gasteiger partial charge >= 0.3 is 0 Å². The molecule has 0 spiro atoms. The summed E-state index contributed by atoms with van der Waals surface area (Å²) >= 11 is 0. The van der Waals surface area contributed by atoms with Crippen molar-refractivity contribution in [2.75, 3.05) is 0 Å². The van der Waals surface area contributed by atoms with Gasteiger partial charge in [0, 0.05) is 24.2 Å². The smallest absolute Gasteiger partial charge is 0.223 e. The summed E-state index contributed by atoms with van der Waals surface area (Å²) in [7, 11) is 0. The van der Waals surface area contributed by atoms with E-state index in [1.165, 1.54) is 6.92 Å². The number of Topliss-reactive ketones (excluding diaryl/α,β-unsaturated/α-hetero) is 1. The largest absolute Gasteiger partial charge is 0.389 e. The lowest BCUT2D eigenvalue weighted by Crippen LogP contribution is -2.53. The molecule has 5 nitrogen and oxygen atoms in total. The molecule has 5 heteroatoms. The molecule has 18 heavy (non-hydrogen) atoms. The number of hydrogen-bond donors (Lipinski definition) is 1. The summed E-state index contributed by atoms with van der Waals surface area (Å²) in [5, 5.41) is 21.6. The monoisotopic (exact) mass is 257 g/mol. The maximum atomic E-state index is 11.6. The van der Waals surface area contributed by atoms with E-state index < -0.39 is 17.1 Å². The second-order valence-electron chi connectivity index (χ2n) is 5.81. The molecule has 104 valence electrons. The van der Waals surface area contributed by atoms with Gasteiger partial charge in [0.05, 0.1) is 11.5 Å². The Morgan fingerprint density at radius 3 is 2.56 bits per heavy atom. The molecular formula is C13H23NO4. The van der Waals surface area contributed by atoms with Crippen LogP contribution in [0.25, 0.3) is 0 Å². The van der Waals surface area contributed by atoms with E-state index in [4.69, 9.17) is 0 Å². The minimum atomic E-state index is -1.10. The molecule has 1 rings (SSSR count). The second-order valence-corrected chi connectivity index (χ2v) is 5.81. The summed E-state index contributed by atoms with van der Waals surface area (Å²) in [5.41, 5.74) is -2.12. The van der Waals surface area contributed by atoms with Crippen LogP contribution in [0.1, 0.15) is 59.3 Å². The number of rotatable bonds is 5. The lowest BCUT2D eigenvalue weighted by molar-refractivity contribution is -0.579. The number of hydrogen-bond acceptors (Lipinski definition) is 4. The maximum Gasteiger partial charge on any atom is 0.223 e. The van der Waals surface area contributed by atoms with E-state index in [0.717, 1.165) is 12.8 Å². The van der Waals surface area contributed by atoms with Gasteiger partial charge in [-0.1, -0.05) is 13.3 Å². The predicted octanol–water partition coefficient (Wildman–Crippen LogP) is 2.33. The van der Waals surface area contributed by atoms with Crippen molar-refractivity contribution in [3.63, 3.8) is 0 Å². The van der Waals surface area contributed by atoms with Crippen LogP contribution in [0.3, 0.4) is 0 Å². The molecule has 3 atom stereocenters. The van der Waals surface area contributed by atoms with Gasteiger partial charge in [0.1, 0.15) is 5.78 Å². The van der Waals surface area contributed by atoms with Gasteiger partial charge in [-0.15, -0.1) is 0 Å². The van der Waals surface area contributed by atoms with Gasteiger partial charge in [0.25, 0.3) is 0 Å². The third-order valence-electron chi connectivity index (χ3n) is 4.30. The molecular weight excluding hydrogens is 234 g/mol. The van der Waals surface area contributed by atoms with Crippen molar-refractivity contribution in [2.24, 2.45) is 5.92 Å². The van der Waals surface area contributed by atoms with Gasteiger partial charge < -0.3 is 5.11 Å². The van der Waals surface area contributed by atoms with Crippen molar-refractivity contribution in [1.29, 1.82) is 0 Å². The molecule has 0 saturated heterocycles. The van der Waals surface area contributed by atoms with E-state index in [-0.39, 0.29) is 17.1 Å². The van der Waals surface area contributed by atoms with Crippen LogP contribution in [-0.4, -0.2) is 27.0 Å². The highest BCUT2D eigenvalue weighted by Crippen LogP contribution is 2.43. The molecule has 0 heterocycles. The second kappa shape index (κ2) is 5.34. The summed E-state index contributed by atoms with van der Waals surface area (Å²) in [6.07, 6.45) is 3.03. The third kappa shape index (κ3) is 2.88. The highest BCUT2D eigenvalue weighted by Gasteiger charge is 2.54. The van der Waals surface area contributed by atoms with Gasteiger partial charge in [-0.25, -0.2) is 0 Å². The topological polar surface area (TPSA) is 80.4 Å².